The summed E-state index contributed by atoms with van der Waals surface area (Å²) in [6.07, 6.45) is 5.94. The Morgan fingerprint density at radius 3 is 2.54 bits per heavy atom. The van der Waals surface area contributed by atoms with Crippen molar-refractivity contribution in [3.8, 4) is 5.69 Å². The second-order valence-electron chi connectivity index (χ2n) is 7.33. The van der Waals surface area contributed by atoms with Gasteiger partial charge < -0.3 is 10.0 Å². The first-order valence-corrected chi connectivity index (χ1v) is 9.31. The van der Waals surface area contributed by atoms with E-state index >= 15 is 0 Å². The van der Waals surface area contributed by atoms with E-state index in [1.54, 1.807) is 24.4 Å². The molecule has 0 spiro atoms. The van der Waals surface area contributed by atoms with Crippen LogP contribution in [0.2, 0.25) is 0 Å². The van der Waals surface area contributed by atoms with Gasteiger partial charge >= 0.3 is 5.97 Å². The van der Waals surface area contributed by atoms with Crippen molar-refractivity contribution in [3.63, 3.8) is 0 Å². The normalized spacial score (nSPS) is 24.0. The summed E-state index contributed by atoms with van der Waals surface area (Å²) < 4.78 is 1.46. The van der Waals surface area contributed by atoms with Crippen LogP contribution in [-0.4, -0.2) is 48.7 Å². The van der Waals surface area contributed by atoms with Crippen LogP contribution in [0.4, 0.5) is 5.69 Å². The van der Waals surface area contributed by atoms with Crippen molar-refractivity contribution in [3.05, 3.63) is 52.3 Å². The number of likely N-dealkylation sites (tertiary alicyclic amines) is 1. The Kier molecular flexibility index (Phi) is 4.58. The highest BCUT2D eigenvalue weighted by molar-refractivity contribution is 5.95. The molecule has 1 amide bonds. The van der Waals surface area contributed by atoms with Crippen LogP contribution in [0.5, 0.6) is 0 Å². The van der Waals surface area contributed by atoms with Gasteiger partial charge in [-0.3, -0.25) is 14.9 Å². The number of hydrogen-bond donors (Lipinski definition) is 1. The van der Waals surface area contributed by atoms with E-state index < -0.39 is 16.9 Å². The molecule has 1 aromatic heterocycles. The van der Waals surface area contributed by atoms with E-state index in [9.17, 15) is 24.8 Å². The molecule has 2 aromatic rings. The van der Waals surface area contributed by atoms with Gasteiger partial charge in [0.15, 0.2) is 5.69 Å². The standard InChI is InChI=1S/C19H20N4O5/c24-18(22-16-4-2-1-3-12(16)11-17(22)19(25)26)15-9-10-21(20-15)13-5-7-14(8-6-13)23(27)28/h5-10,12,16-17H,1-4,11H2,(H,25,26). The Morgan fingerprint density at radius 1 is 1.14 bits per heavy atom. The zero-order valence-electron chi connectivity index (χ0n) is 15.1. The van der Waals surface area contributed by atoms with Gasteiger partial charge in [0.05, 0.1) is 10.6 Å². The Bertz CT molecular complexity index is 923. The number of benzene rings is 1. The van der Waals surface area contributed by atoms with E-state index in [2.05, 4.69) is 5.10 Å². The molecule has 1 aromatic carbocycles. The van der Waals surface area contributed by atoms with Crippen molar-refractivity contribution >= 4 is 17.6 Å². The number of aliphatic carboxylic acids is 1. The van der Waals surface area contributed by atoms with Gasteiger partial charge in [0.2, 0.25) is 0 Å². The molecule has 1 saturated heterocycles. The second kappa shape index (κ2) is 7.06. The van der Waals surface area contributed by atoms with Gasteiger partial charge in [-0.2, -0.15) is 5.10 Å². The molecule has 1 N–H and O–H groups in total. The highest BCUT2D eigenvalue weighted by atomic mass is 16.6. The van der Waals surface area contributed by atoms with Crippen molar-refractivity contribution in [2.75, 3.05) is 0 Å². The first-order chi connectivity index (χ1) is 13.5. The minimum Gasteiger partial charge on any atom is -0.480 e. The van der Waals surface area contributed by atoms with Gasteiger partial charge in [0.25, 0.3) is 11.6 Å². The third-order valence-corrected chi connectivity index (χ3v) is 5.74. The van der Waals surface area contributed by atoms with Crippen LogP contribution in [0, 0.1) is 16.0 Å². The predicted octanol–water partition coefficient (Wildman–Crippen LogP) is 2.64. The smallest absolute Gasteiger partial charge is 0.326 e. The number of carboxylic acids is 1. The van der Waals surface area contributed by atoms with Gasteiger partial charge in [-0.15, -0.1) is 0 Å². The molecule has 9 nitrogen and oxygen atoms in total. The molecule has 28 heavy (non-hydrogen) atoms. The quantitative estimate of drug-likeness (QED) is 0.639. The first-order valence-electron chi connectivity index (χ1n) is 9.31. The maximum atomic E-state index is 13.1. The molecule has 3 atom stereocenters. The van der Waals surface area contributed by atoms with Gasteiger partial charge in [-0.05, 0) is 43.4 Å². The highest BCUT2D eigenvalue weighted by Crippen LogP contribution is 2.40. The van der Waals surface area contributed by atoms with Crippen molar-refractivity contribution in [2.45, 2.75) is 44.2 Å². The summed E-state index contributed by atoms with van der Waals surface area (Å²) in [5.41, 5.74) is 0.726. The van der Waals surface area contributed by atoms with Crippen molar-refractivity contribution in [1.82, 2.24) is 14.7 Å². The summed E-state index contributed by atoms with van der Waals surface area (Å²) in [4.78, 5) is 36.6. The van der Waals surface area contributed by atoms with Gasteiger partial charge in [-0.1, -0.05) is 12.8 Å². The van der Waals surface area contributed by atoms with E-state index in [4.69, 9.17) is 0 Å². The Morgan fingerprint density at radius 2 is 1.86 bits per heavy atom. The van der Waals surface area contributed by atoms with Gasteiger partial charge in [0.1, 0.15) is 6.04 Å². The summed E-state index contributed by atoms with van der Waals surface area (Å²) in [6.45, 7) is 0. The molecule has 9 heteroatoms. The van der Waals surface area contributed by atoms with Gasteiger partial charge in [0, 0.05) is 24.4 Å². The lowest BCUT2D eigenvalue weighted by Gasteiger charge is -2.32. The SMILES string of the molecule is O=C(O)C1CC2CCCCC2N1C(=O)c1ccn(-c2ccc([N+](=O)[O-])cc2)n1. The maximum absolute atomic E-state index is 13.1. The molecule has 2 heterocycles. The lowest BCUT2D eigenvalue weighted by molar-refractivity contribution is -0.384. The number of nitro benzene ring substituents is 1. The van der Waals surface area contributed by atoms with Crippen LogP contribution in [0.1, 0.15) is 42.6 Å². The Hall–Kier alpha value is -3.23. The summed E-state index contributed by atoms with van der Waals surface area (Å²) in [7, 11) is 0. The summed E-state index contributed by atoms with van der Waals surface area (Å²) in [5.74, 6) is -1.12. The van der Waals surface area contributed by atoms with Gasteiger partial charge in [-0.25, -0.2) is 9.48 Å². The van der Waals surface area contributed by atoms with Crippen LogP contribution in [-0.2, 0) is 4.79 Å². The molecule has 1 aliphatic heterocycles. The number of amides is 1. The monoisotopic (exact) mass is 384 g/mol. The van der Waals surface area contributed by atoms with E-state index in [1.165, 1.54) is 21.7 Å². The predicted molar refractivity (Wildman–Crippen MR) is 98.2 cm³/mol. The fourth-order valence-electron chi connectivity index (χ4n) is 4.41. The number of rotatable bonds is 4. The number of fused-ring (bicyclic) bond motifs is 1. The number of nitrogens with zero attached hydrogens (tertiary/aromatic N) is 4. The fourth-order valence-corrected chi connectivity index (χ4v) is 4.41. The molecule has 1 aliphatic carbocycles. The number of non-ortho nitro benzene ring substituents is 1. The van der Waals surface area contributed by atoms with Crippen LogP contribution >= 0.6 is 0 Å². The molecule has 1 saturated carbocycles. The van der Waals surface area contributed by atoms with Crippen LogP contribution in [0.3, 0.4) is 0 Å². The molecular weight excluding hydrogens is 364 g/mol. The molecular formula is C19H20N4O5. The van der Waals surface area contributed by atoms with E-state index in [0.717, 1.165) is 25.7 Å². The lowest BCUT2D eigenvalue weighted by Crippen LogP contribution is -2.46. The average molecular weight is 384 g/mol. The summed E-state index contributed by atoms with van der Waals surface area (Å²) in [5, 5.41) is 24.7. The zero-order valence-corrected chi connectivity index (χ0v) is 15.1. The number of carbonyl (C=O) groups excluding carboxylic acids is 1. The molecule has 146 valence electrons. The Balaban J connectivity index is 1.59. The van der Waals surface area contributed by atoms with Crippen molar-refractivity contribution in [2.24, 2.45) is 5.92 Å². The molecule has 2 aliphatic rings. The molecule has 2 fully saturated rings. The first kappa shape index (κ1) is 18.1. The molecule has 0 radical (unpaired) electrons. The number of nitro groups is 1. The number of hydrogen-bond acceptors (Lipinski definition) is 5. The maximum Gasteiger partial charge on any atom is 0.326 e. The van der Waals surface area contributed by atoms with E-state index in [1.807, 2.05) is 0 Å². The molecule has 4 rings (SSSR count). The summed E-state index contributed by atoms with van der Waals surface area (Å²) >= 11 is 0. The zero-order chi connectivity index (χ0) is 19.8. The third-order valence-electron chi connectivity index (χ3n) is 5.74. The topological polar surface area (TPSA) is 119 Å². The molecule has 0 bridgehead atoms. The van der Waals surface area contributed by atoms with E-state index in [-0.39, 0.29) is 29.2 Å². The second-order valence-corrected chi connectivity index (χ2v) is 7.33. The summed E-state index contributed by atoms with van der Waals surface area (Å²) in [6, 6.07) is 6.52. The number of carboxylic acid groups (broad SMARTS) is 1. The van der Waals surface area contributed by atoms with Crippen LogP contribution in [0.25, 0.3) is 5.69 Å². The lowest BCUT2D eigenvalue weighted by atomic mass is 9.84. The minimum absolute atomic E-state index is 0.0306. The highest BCUT2D eigenvalue weighted by Gasteiger charge is 2.48. The fraction of sp³-hybridized carbons (Fsp3) is 0.421. The molecule has 3 unspecified atom stereocenters. The number of aromatic nitrogens is 2. The van der Waals surface area contributed by atoms with Crippen LogP contribution in [0.15, 0.2) is 36.5 Å². The Labute approximate surface area is 160 Å². The minimum atomic E-state index is -0.974. The largest absolute Gasteiger partial charge is 0.480 e. The van der Waals surface area contributed by atoms with Crippen molar-refractivity contribution in [1.29, 1.82) is 0 Å². The van der Waals surface area contributed by atoms with E-state index in [0.29, 0.717) is 12.1 Å². The van der Waals surface area contributed by atoms with Crippen molar-refractivity contribution < 1.29 is 19.6 Å². The number of carbonyl (C=O) groups is 2. The average Bonchev–Trinajstić information content (AvgIpc) is 3.33. The van der Waals surface area contributed by atoms with Crippen LogP contribution < -0.4 is 0 Å². The third kappa shape index (κ3) is 3.12.